The zero-order valence-corrected chi connectivity index (χ0v) is 15.6. The minimum atomic E-state index is 0.0904. The third-order valence-electron chi connectivity index (χ3n) is 4.08. The Balaban J connectivity index is 1.77. The molecular formula is C18H21N5OS. The van der Waals surface area contributed by atoms with Gasteiger partial charge in [0, 0.05) is 23.0 Å². The molecule has 0 atom stereocenters. The summed E-state index contributed by atoms with van der Waals surface area (Å²) in [4.78, 5) is 12.7. The fourth-order valence-electron chi connectivity index (χ4n) is 3.06. The number of aromatic nitrogens is 5. The number of nitrogens with zero attached hydrogens (tertiary/aromatic N) is 5. The van der Waals surface area contributed by atoms with E-state index >= 15 is 0 Å². The van der Waals surface area contributed by atoms with Gasteiger partial charge in [-0.15, -0.1) is 5.10 Å². The molecule has 0 spiro atoms. The molecule has 1 aromatic carbocycles. The second-order valence-corrected chi connectivity index (χ2v) is 7.11. The number of ketones is 1. The van der Waals surface area contributed by atoms with E-state index in [2.05, 4.69) is 33.9 Å². The van der Waals surface area contributed by atoms with Crippen LogP contribution in [0.4, 0.5) is 0 Å². The first-order valence-corrected chi connectivity index (χ1v) is 9.16. The molecule has 0 aliphatic heterocycles. The summed E-state index contributed by atoms with van der Waals surface area (Å²) in [5.41, 5.74) is 3.77. The lowest BCUT2D eigenvalue weighted by atomic mass is 10.2. The van der Waals surface area contributed by atoms with Crippen LogP contribution in [0.3, 0.4) is 0 Å². The van der Waals surface area contributed by atoms with Crippen molar-refractivity contribution in [2.45, 2.75) is 38.9 Å². The second-order valence-electron chi connectivity index (χ2n) is 6.17. The van der Waals surface area contributed by atoms with Gasteiger partial charge in [0.25, 0.3) is 0 Å². The smallest absolute Gasteiger partial charge is 0.214 e. The second kappa shape index (κ2) is 7.23. The van der Waals surface area contributed by atoms with Gasteiger partial charge in [-0.2, -0.15) is 4.68 Å². The summed E-state index contributed by atoms with van der Waals surface area (Å²) in [6.07, 6.45) is 0. The average molecular weight is 355 g/mol. The number of carbonyl (C=O) groups is 1. The fraction of sp³-hybridized carbons (Fsp3) is 0.333. The molecule has 25 heavy (non-hydrogen) atoms. The van der Waals surface area contributed by atoms with E-state index in [4.69, 9.17) is 0 Å². The Morgan fingerprint density at radius 3 is 2.56 bits per heavy atom. The maximum atomic E-state index is 12.7. The van der Waals surface area contributed by atoms with Crippen LogP contribution in [0, 0.1) is 13.8 Å². The van der Waals surface area contributed by atoms with Crippen LogP contribution in [-0.2, 0) is 0 Å². The molecule has 0 aliphatic rings. The number of benzene rings is 1. The first-order valence-electron chi connectivity index (χ1n) is 8.17. The van der Waals surface area contributed by atoms with Gasteiger partial charge < -0.3 is 4.57 Å². The SMILES string of the molecule is Cc1cc(C(=O)CSc2nnnn2-c2ccccc2)c(C)n1C(C)C. The first kappa shape index (κ1) is 17.4. The van der Waals surface area contributed by atoms with Crippen LogP contribution < -0.4 is 0 Å². The summed E-state index contributed by atoms with van der Waals surface area (Å²) in [5, 5.41) is 12.4. The topological polar surface area (TPSA) is 65.6 Å². The number of thioether (sulfide) groups is 1. The van der Waals surface area contributed by atoms with Crippen LogP contribution in [0.15, 0.2) is 41.6 Å². The lowest BCUT2D eigenvalue weighted by Gasteiger charge is -2.13. The van der Waals surface area contributed by atoms with E-state index in [1.54, 1.807) is 4.68 Å². The van der Waals surface area contributed by atoms with Crippen molar-refractivity contribution in [3.63, 3.8) is 0 Å². The molecule has 2 aromatic heterocycles. The number of hydrogen-bond donors (Lipinski definition) is 0. The quantitative estimate of drug-likeness (QED) is 0.499. The minimum absolute atomic E-state index is 0.0904. The molecule has 130 valence electrons. The number of aryl methyl sites for hydroxylation is 1. The van der Waals surface area contributed by atoms with Crippen LogP contribution in [-0.4, -0.2) is 36.3 Å². The highest BCUT2D eigenvalue weighted by molar-refractivity contribution is 7.99. The standard InChI is InChI=1S/C18H21N5OS/c1-12(2)22-13(3)10-16(14(22)4)17(24)11-25-18-19-20-21-23(18)15-8-6-5-7-9-15/h5-10,12H,11H2,1-4H3. The highest BCUT2D eigenvalue weighted by Gasteiger charge is 2.18. The van der Waals surface area contributed by atoms with Gasteiger partial charge >= 0.3 is 0 Å². The lowest BCUT2D eigenvalue weighted by Crippen LogP contribution is -2.09. The van der Waals surface area contributed by atoms with Gasteiger partial charge in [0.1, 0.15) is 0 Å². The molecule has 0 saturated carbocycles. The Bertz CT molecular complexity index is 882. The Kier molecular flexibility index (Phi) is 5.03. The van der Waals surface area contributed by atoms with Crippen molar-refractivity contribution in [1.29, 1.82) is 0 Å². The Labute approximate surface area is 151 Å². The third-order valence-corrected chi connectivity index (χ3v) is 4.99. The molecular weight excluding hydrogens is 334 g/mol. The molecule has 0 unspecified atom stereocenters. The molecule has 0 radical (unpaired) electrons. The summed E-state index contributed by atoms with van der Waals surface area (Å²) >= 11 is 1.35. The van der Waals surface area contributed by atoms with Crippen molar-refractivity contribution in [3.05, 3.63) is 53.3 Å². The van der Waals surface area contributed by atoms with Crippen LogP contribution in [0.1, 0.15) is 41.6 Å². The summed E-state index contributed by atoms with van der Waals surface area (Å²) in [7, 11) is 0. The number of rotatable bonds is 6. The highest BCUT2D eigenvalue weighted by atomic mass is 32.2. The van der Waals surface area contributed by atoms with E-state index < -0.39 is 0 Å². The molecule has 0 N–H and O–H groups in total. The Morgan fingerprint density at radius 2 is 1.92 bits per heavy atom. The van der Waals surface area contributed by atoms with Crippen molar-refractivity contribution < 1.29 is 4.79 Å². The molecule has 3 aromatic rings. The summed E-state index contributed by atoms with van der Waals surface area (Å²) in [6.45, 7) is 8.28. The van der Waals surface area contributed by atoms with Gasteiger partial charge in [0.2, 0.25) is 5.16 Å². The van der Waals surface area contributed by atoms with Gasteiger partial charge in [0.15, 0.2) is 5.78 Å². The van der Waals surface area contributed by atoms with E-state index in [0.717, 1.165) is 22.6 Å². The Hall–Kier alpha value is -2.41. The van der Waals surface area contributed by atoms with Crippen LogP contribution in [0.2, 0.25) is 0 Å². The van der Waals surface area contributed by atoms with Gasteiger partial charge in [-0.1, -0.05) is 30.0 Å². The maximum Gasteiger partial charge on any atom is 0.214 e. The molecule has 0 saturated heterocycles. The molecule has 7 heteroatoms. The summed E-state index contributed by atoms with van der Waals surface area (Å²) in [6, 6.07) is 12.0. The number of Topliss-reactive ketones (excluding diaryl/α,β-unsaturated/α-hetero) is 1. The van der Waals surface area contributed by atoms with Gasteiger partial charge in [0.05, 0.1) is 11.4 Å². The maximum absolute atomic E-state index is 12.7. The van der Waals surface area contributed by atoms with Gasteiger partial charge in [-0.25, -0.2) is 0 Å². The number of carbonyl (C=O) groups excluding carboxylic acids is 1. The first-order chi connectivity index (χ1) is 12.0. The van der Waals surface area contributed by atoms with E-state index in [-0.39, 0.29) is 5.78 Å². The van der Waals surface area contributed by atoms with Crippen LogP contribution in [0.25, 0.3) is 5.69 Å². The number of para-hydroxylation sites is 1. The van der Waals surface area contributed by atoms with E-state index in [9.17, 15) is 4.79 Å². The van der Waals surface area contributed by atoms with Crippen LogP contribution in [0.5, 0.6) is 0 Å². The minimum Gasteiger partial charge on any atom is -0.346 e. The van der Waals surface area contributed by atoms with Gasteiger partial charge in [-0.3, -0.25) is 4.79 Å². The predicted octanol–water partition coefficient (Wildman–Crippen LogP) is 3.64. The third kappa shape index (κ3) is 3.51. The normalized spacial score (nSPS) is 11.2. The molecule has 2 heterocycles. The molecule has 0 bridgehead atoms. The van der Waals surface area contributed by atoms with E-state index in [0.29, 0.717) is 17.0 Å². The molecule has 3 rings (SSSR count). The molecule has 0 aliphatic carbocycles. The van der Waals surface area contributed by atoms with Crippen molar-refractivity contribution >= 4 is 17.5 Å². The average Bonchev–Trinajstić information content (AvgIpc) is 3.17. The number of hydrogen-bond acceptors (Lipinski definition) is 5. The fourth-order valence-corrected chi connectivity index (χ4v) is 3.84. The molecule has 6 nitrogen and oxygen atoms in total. The van der Waals surface area contributed by atoms with Crippen LogP contribution >= 0.6 is 11.8 Å². The van der Waals surface area contributed by atoms with Crippen molar-refractivity contribution in [1.82, 2.24) is 24.8 Å². The predicted molar refractivity (Wildman–Crippen MR) is 98.5 cm³/mol. The zero-order valence-electron chi connectivity index (χ0n) is 14.8. The Morgan fingerprint density at radius 1 is 1.20 bits per heavy atom. The van der Waals surface area contributed by atoms with Gasteiger partial charge in [-0.05, 0) is 56.3 Å². The molecule has 0 fully saturated rings. The van der Waals surface area contributed by atoms with E-state index in [1.165, 1.54) is 11.8 Å². The number of tetrazole rings is 1. The summed E-state index contributed by atoms with van der Waals surface area (Å²) < 4.78 is 3.83. The van der Waals surface area contributed by atoms with Crippen molar-refractivity contribution in [2.24, 2.45) is 0 Å². The molecule has 0 amide bonds. The lowest BCUT2D eigenvalue weighted by molar-refractivity contribution is 0.102. The largest absolute Gasteiger partial charge is 0.346 e. The van der Waals surface area contributed by atoms with Crippen molar-refractivity contribution in [2.75, 3.05) is 5.75 Å². The summed E-state index contributed by atoms with van der Waals surface area (Å²) in [5.74, 6) is 0.392. The van der Waals surface area contributed by atoms with Crippen molar-refractivity contribution in [3.8, 4) is 5.69 Å². The highest BCUT2D eigenvalue weighted by Crippen LogP contribution is 2.24. The van der Waals surface area contributed by atoms with E-state index in [1.807, 2.05) is 50.2 Å². The monoisotopic (exact) mass is 355 g/mol. The zero-order chi connectivity index (χ0) is 18.0.